The first-order valence-corrected chi connectivity index (χ1v) is 7.35. The highest BCUT2D eigenvalue weighted by Crippen LogP contribution is 2.30. The number of likely N-dealkylation sites (N-methyl/N-ethyl adjacent to an activating group) is 2. The van der Waals surface area contributed by atoms with Gasteiger partial charge in [-0.25, -0.2) is 4.68 Å². The van der Waals surface area contributed by atoms with Crippen molar-refractivity contribution in [3.63, 3.8) is 0 Å². The van der Waals surface area contributed by atoms with E-state index in [1.54, 1.807) is 0 Å². The van der Waals surface area contributed by atoms with Crippen LogP contribution in [0, 0.1) is 0 Å². The Labute approximate surface area is 127 Å². The molecule has 1 heterocycles. The lowest BCUT2D eigenvalue weighted by atomic mass is 9.90. The lowest BCUT2D eigenvalue weighted by Gasteiger charge is -2.40. The predicted octanol–water partition coefficient (Wildman–Crippen LogP) is 2.26. The van der Waals surface area contributed by atoms with Crippen molar-refractivity contribution < 1.29 is 0 Å². The fourth-order valence-corrected chi connectivity index (χ4v) is 2.39. The molecule has 0 saturated carbocycles. The van der Waals surface area contributed by atoms with Crippen LogP contribution in [-0.4, -0.2) is 46.1 Å². The molecule has 21 heavy (non-hydrogen) atoms. The van der Waals surface area contributed by atoms with E-state index in [-0.39, 0.29) is 11.6 Å². The summed E-state index contributed by atoms with van der Waals surface area (Å²) in [7, 11) is 4.20. The summed E-state index contributed by atoms with van der Waals surface area (Å²) in [5.74, 6) is 0. The van der Waals surface area contributed by atoms with Crippen molar-refractivity contribution in [1.82, 2.24) is 25.2 Å². The van der Waals surface area contributed by atoms with Gasteiger partial charge in [-0.3, -0.25) is 0 Å². The van der Waals surface area contributed by atoms with Crippen molar-refractivity contribution in [2.45, 2.75) is 32.4 Å². The third kappa shape index (κ3) is 3.14. The highest BCUT2D eigenvalue weighted by Gasteiger charge is 2.35. The minimum atomic E-state index is -0.0652. The van der Waals surface area contributed by atoms with E-state index in [0.29, 0.717) is 0 Å². The van der Waals surface area contributed by atoms with Gasteiger partial charge in [0.05, 0.1) is 23.6 Å². The van der Waals surface area contributed by atoms with Crippen LogP contribution in [0.4, 0.5) is 0 Å². The van der Waals surface area contributed by atoms with Crippen LogP contribution in [-0.2, 0) is 0 Å². The predicted molar refractivity (Wildman–Crippen MR) is 85.5 cm³/mol. The molecule has 0 aliphatic rings. The third-order valence-electron chi connectivity index (χ3n) is 4.14. The van der Waals surface area contributed by atoms with Crippen molar-refractivity contribution in [2.75, 3.05) is 20.6 Å². The number of nitrogens with one attached hydrogen (secondary N) is 1. The van der Waals surface area contributed by atoms with Gasteiger partial charge in [-0.2, -0.15) is 0 Å². The van der Waals surface area contributed by atoms with Crippen molar-refractivity contribution in [1.29, 1.82) is 0 Å². The van der Waals surface area contributed by atoms with E-state index in [9.17, 15) is 0 Å². The summed E-state index contributed by atoms with van der Waals surface area (Å²) >= 11 is 0. The fourth-order valence-electron chi connectivity index (χ4n) is 2.39. The van der Waals surface area contributed by atoms with Crippen LogP contribution in [0.25, 0.3) is 5.69 Å². The zero-order valence-electron chi connectivity index (χ0n) is 13.5. The van der Waals surface area contributed by atoms with Crippen molar-refractivity contribution in [3.05, 3.63) is 42.2 Å². The molecule has 2 rings (SSSR count). The zero-order valence-corrected chi connectivity index (χ0v) is 13.5. The molecule has 0 bridgehead atoms. The summed E-state index contributed by atoms with van der Waals surface area (Å²) in [5.41, 5.74) is 2.04. The van der Waals surface area contributed by atoms with Crippen LogP contribution in [0.2, 0.25) is 0 Å². The topological polar surface area (TPSA) is 46.0 Å². The van der Waals surface area contributed by atoms with E-state index in [4.69, 9.17) is 0 Å². The third-order valence-corrected chi connectivity index (χ3v) is 4.14. The Morgan fingerprint density at radius 2 is 1.90 bits per heavy atom. The summed E-state index contributed by atoms with van der Waals surface area (Å²) in [6.45, 7) is 7.46. The smallest absolute Gasteiger partial charge is 0.0833 e. The molecule has 0 aliphatic carbocycles. The van der Waals surface area contributed by atoms with Gasteiger partial charge in [0.2, 0.25) is 0 Å². The first kappa shape index (κ1) is 15.7. The molecule has 1 N–H and O–H groups in total. The highest BCUT2D eigenvalue weighted by atomic mass is 15.4. The standard InChI is InChI=1S/C16H25N5/c1-6-17-15(16(2,3)20(4)5)14-12-18-19-21(14)13-10-8-7-9-11-13/h7-12,15,17H,6H2,1-5H3. The van der Waals surface area contributed by atoms with E-state index in [1.165, 1.54) is 0 Å². The van der Waals surface area contributed by atoms with Gasteiger partial charge in [-0.1, -0.05) is 30.3 Å². The van der Waals surface area contributed by atoms with Crippen LogP contribution in [0.1, 0.15) is 32.5 Å². The lowest BCUT2D eigenvalue weighted by molar-refractivity contribution is 0.135. The summed E-state index contributed by atoms with van der Waals surface area (Å²) in [6.07, 6.45) is 1.85. The fraction of sp³-hybridized carbons (Fsp3) is 0.500. The van der Waals surface area contributed by atoms with Crippen LogP contribution in [0.3, 0.4) is 0 Å². The number of aromatic nitrogens is 3. The maximum atomic E-state index is 4.27. The van der Waals surface area contributed by atoms with Gasteiger partial charge < -0.3 is 10.2 Å². The quantitative estimate of drug-likeness (QED) is 0.885. The molecule has 1 atom stereocenters. The molecule has 2 aromatic rings. The van der Waals surface area contributed by atoms with Crippen LogP contribution in [0.15, 0.2) is 36.5 Å². The highest BCUT2D eigenvalue weighted by molar-refractivity contribution is 5.33. The number of hydrogen-bond acceptors (Lipinski definition) is 4. The normalized spacial score (nSPS) is 13.6. The molecule has 0 aliphatic heterocycles. The molecular formula is C16H25N5. The summed E-state index contributed by atoms with van der Waals surface area (Å²) in [5, 5.41) is 12.0. The number of nitrogens with zero attached hydrogens (tertiary/aromatic N) is 4. The molecule has 0 radical (unpaired) electrons. The van der Waals surface area contributed by atoms with E-state index in [0.717, 1.165) is 17.9 Å². The minimum absolute atomic E-state index is 0.0652. The van der Waals surface area contributed by atoms with Gasteiger partial charge in [0.1, 0.15) is 0 Å². The van der Waals surface area contributed by atoms with E-state index in [1.807, 2.05) is 41.2 Å². The molecule has 5 heteroatoms. The molecule has 0 saturated heterocycles. The SMILES string of the molecule is CCNC(c1cnnn1-c1ccccc1)C(C)(C)N(C)C. The van der Waals surface area contributed by atoms with Crippen LogP contribution < -0.4 is 5.32 Å². The largest absolute Gasteiger partial charge is 0.307 e. The Morgan fingerprint density at radius 3 is 2.48 bits per heavy atom. The van der Waals surface area contributed by atoms with E-state index >= 15 is 0 Å². The molecule has 1 aromatic heterocycles. The van der Waals surface area contributed by atoms with Gasteiger partial charge in [0.15, 0.2) is 0 Å². The summed E-state index contributed by atoms with van der Waals surface area (Å²) in [6, 6.07) is 10.3. The Kier molecular flexibility index (Phi) is 4.75. The maximum absolute atomic E-state index is 4.27. The lowest BCUT2D eigenvalue weighted by Crippen LogP contribution is -2.50. The summed E-state index contributed by atoms with van der Waals surface area (Å²) in [4.78, 5) is 2.22. The van der Waals surface area contributed by atoms with Crippen LogP contribution in [0.5, 0.6) is 0 Å². The Balaban J connectivity index is 2.46. The average Bonchev–Trinajstić information content (AvgIpc) is 2.94. The summed E-state index contributed by atoms with van der Waals surface area (Å²) < 4.78 is 1.92. The molecule has 0 fully saturated rings. The van der Waals surface area contributed by atoms with Crippen molar-refractivity contribution >= 4 is 0 Å². The van der Waals surface area contributed by atoms with E-state index in [2.05, 4.69) is 55.4 Å². The molecule has 0 spiro atoms. The molecular weight excluding hydrogens is 262 g/mol. The molecule has 1 unspecified atom stereocenters. The van der Waals surface area contributed by atoms with Crippen molar-refractivity contribution in [3.8, 4) is 5.69 Å². The second-order valence-corrected chi connectivity index (χ2v) is 5.95. The number of para-hydroxylation sites is 1. The molecule has 5 nitrogen and oxygen atoms in total. The van der Waals surface area contributed by atoms with Crippen molar-refractivity contribution in [2.24, 2.45) is 0 Å². The van der Waals surface area contributed by atoms with Gasteiger partial charge in [-0.05, 0) is 46.6 Å². The molecule has 1 aromatic carbocycles. The molecule has 114 valence electrons. The number of hydrogen-bond donors (Lipinski definition) is 1. The van der Waals surface area contributed by atoms with Gasteiger partial charge in [-0.15, -0.1) is 5.10 Å². The van der Waals surface area contributed by atoms with E-state index < -0.39 is 0 Å². The monoisotopic (exact) mass is 287 g/mol. The van der Waals surface area contributed by atoms with Crippen LogP contribution >= 0.6 is 0 Å². The second-order valence-electron chi connectivity index (χ2n) is 5.95. The number of benzene rings is 1. The Morgan fingerprint density at radius 1 is 1.24 bits per heavy atom. The number of rotatable bonds is 6. The Bertz CT molecular complexity index is 559. The minimum Gasteiger partial charge on any atom is -0.307 e. The first-order chi connectivity index (χ1) is 9.98. The van der Waals surface area contributed by atoms with Gasteiger partial charge in [0, 0.05) is 5.54 Å². The average molecular weight is 287 g/mol. The maximum Gasteiger partial charge on any atom is 0.0833 e. The first-order valence-electron chi connectivity index (χ1n) is 7.35. The van der Waals surface area contributed by atoms with Gasteiger partial charge >= 0.3 is 0 Å². The second kappa shape index (κ2) is 6.37. The van der Waals surface area contributed by atoms with Gasteiger partial charge in [0.25, 0.3) is 0 Å². The molecule has 0 amide bonds. The Hall–Kier alpha value is -1.72. The zero-order chi connectivity index (χ0) is 15.5.